The maximum atomic E-state index is 13.0. The largest absolute Gasteiger partial charge is 0.493 e. The number of nitrogens with zero attached hydrogens (tertiary/aromatic N) is 2. The van der Waals surface area contributed by atoms with E-state index in [-0.39, 0.29) is 9.79 Å². The molecule has 0 aliphatic heterocycles. The molecule has 0 spiro atoms. The highest BCUT2D eigenvalue weighted by Crippen LogP contribution is 2.46. The van der Waals surface area contributed by atoms with E-state index in [0.29, 0.717) is 13.2 Å². The number of unbranched alkanes of at least 4 members (excludes halogenated alkanes) is 18. The maximum Gasteiger partial charge on any atom is 0.276 e. The molecule has 6 aromatic rings. The van der Waals surface area contributed by atoms with Crippen molar-refractivity contribution < 1.29 is 26.3 Å². The maximum absolute atomic E-state index is 13.0. The van der Waals surface area contributed by atoms with Gasteiger partial charge in [-0.25, -0.2) is 9.66 Å². The lowest BCUT2D eigenvalue weighted by atomic mass is 9.91. The topological polar surface area (TPSA) is 136 Å². The number of sulfonamides is 2. The van der Waals surface area contributed by atoms with Gasteiger partial charge in [-0.1, -0.05) is 201 Å². The SMILES string of the molecule is CCCCCCCCCCCCOc1ccc2cc(/C=N/NS(=O)(=O)c3ccc(C)cc3)ccc2c1-c1c(OCCCCCCCCCCCC)ccc2cc(/C=N/NS(=O)(=O)c3ccc(C)cc3)ccc12. The first-order valence-corrected chi connectivity index (χ1v) is 29.6. The van der Waals surface area contributed by atoms with Gasteiger partial charge in [0.1, 0.15) is 11.5 Å². The standard InChI is InChI=1S/C60H78N4O6S2/c1-5-7-9-11-13-15-17-19-21-23-41-69-57-39-31-51-43-49(45-61-63-71(65,66)53-33-25-47(3)26-34-53)29-37-55(51)59(57)60-56-38-30-50(46-62-64-72(67,68)54-35-27-48(4)28-36-54)44-52(56)32-40-58(60)70-42-24-22-20-18-16-14-12-10-8-6-2/h25-40,43-46,63-64H,5-24,41-42H2,1-4H3/b61-45+,62-46+. The van der Waals surface area contributed by atoms with Gasteiger partial charge in [0.2, 0.25) is 0 Å². The van der Waals surface area contributed by atoms with Crippen molar-refractivity contribution in [1.29, 1.82) is 0 Å². The van der Waals surface area contributed by atoms with Crippen molar-refractivity contribution in [3.8, 4) is 22.6 Å². The average Bonchev–Trinajstić information content (AvgIpc) is 3.37. The van der Waals surface area contributed by atoms with E-state index in [1.165, 1.54) is 115 Å². The van der Waals surface area contributed by atoms with Gasteiger partial charge in [0.15, 0.2) is 0 Å². The Morgan fingerprint density at radius 3 is 1.10 bits per heavy atom. The van der Waals surface area contributed by atoms with E-state index in [1.807, 2.05) is 74.5 Å². The fourth-order valence-corrected chi connectivity index (χ4v) is 10.6. The fourth-order valence-electron chi connectivity index (χ4n) is 9.00. The van der Waals surface area contributed by atoms with Crippen LogP contribution in [0.15, 0.2) is 129 Å². The number of hydrogen-bond donors (Lipinski definition) is 2. The normalized spacial score (nSPS) is 12.1. The molecule has 0 radical (unpaired) electrons. The van der Waals surface area contributed by atoms with E-state index in [1.54, 1.807) is 48.5 Å². The summed E-state index contributed by atoms with van der Waals surface area (Å²) in [5.41, 5.74) is 5.17. The van der Waals surface area contributed by atoms with Crippen molar-refractivity contribution >= 4 is 54.0 Å². The quantitative estimate of drug-likeness (QED) is 0.0239. The Hall–Kier alpha value is -5.72. The van der Waals surface area contributed by atoms with Crippen LogP contribution in [0.5, 0.6) is 11.5 Å². The lowest BCUT2D eigenvalue weighted by Gasteiger charge is -2.20. The van der Waals surface area contributed by atoms with Gasteiger partial charge in [-0.3, -0.25) is 0 Å². The smallest absolute Gasteiger partial charge is 0.276 e. The van der Waals surface area contributed by atoms with Crippen LogP contribution in [0.2, 0.25) is 0 Å². The summed E-state index contributed by atoms with van der Waals surface area (Å²) >= 11 is 0. The van der Waals surface area contributed by atoms with Crippen LogP contribution in [0.1, 0.15) is 165 Å². The Labute approximate surface area is 431 Å². The number of aryl methyl sites for hydroxylation is 2. The van der Waals surface area contributed by atoms with Gasteiger partial charge in [0.25, 0.3) is 20.0 Å². The van der Waals surface area contributed by atoms with Crippen LogP contribution in [0.4, 0.5) is 0 Å². The minimum Gasteiger partial charge on any atom is -0.493 e. The number of rotatable bonds is 33. The number of hydrogen-bond acceptors (Lipinski definition) is 8. The van der Waals surface area contributed by atoms with Gasteiger partial charge >= 0.3 is 0 Å². The molecule has 6 rings (SSSR count). The van der Waals surface area contributed by atoms with Crippen molar-refractivity contribution in [1.82, 2.24) is 9.66 Å². The van der Waals surface area contributed by atoms with Gasteiger partial charge in [-0.2, -0.15) is 27.0 Å². The van der Waals surface area contributed by atoms with Crippen LogP contribution in [-0.4, -0.2) is 42.5 Å². The van der Waals surface area contributed by atoms with E-state index in [9.17, 15) is 16.8 Å². The summed E-state index contributed by atoms with van der Waals surface area (Å²) in [6.07, 6.45) is 27.7. The van der Waals surface area contributed by atoms with Crippen molar-refractivity contribution in [2.24, 2.45) is 10.2 Å². The summed E-state index contributed by atoms with van der Waals surface area (Å²) in [5.74, 6) is 1.50. The van der Waals surface area contributed by atoms with E-state index in [0.717, 1.165) is 92.1 Å². The zero-order chi connectivity index (χ0) is 51.0. The Bertz CT molecular complexity index is 2700. The third kappa shape index (κ3) is 17.2. The molecule has 0 aliphatic rings. The average molecular weight is 1020 g/mol. The zero-order valence-electron chi connectivity index (χ0n) is 43.3. The summed E-state index contributed by atoms with van der Waals surface area (Å²) in [6, 6.07) is 33.4. The van der Waals surface area contributed by atoms with E-state index in [2.05, 4.69) is 33.7 Å². The molecule has 0 amide bonds. The van der Waals surface area contributed by atoms with E-state index < -0.39 is 20.0 Å². The Kier molecular flexibility index (Phi) is 22.5. The molecule has 6 aromatic carbocycles. The van der Waals surface area contributed by atoms with Gasteiger partial charge in [-0.05, 0) is 108 Å². The molecule has 0 fully saturated rings. The van der Waals surface area contributed by atoms with Crippen LogP contribution in [0.25, 0.3) is 32.7 Å². The highest BCUT2D eigenvalue weighted by Gasteiger charge is 2.21. The first kappa shape index (κ1) is 55.6. The highest BCUT2D eigenvalue weighted by molar-refractivity contribution is 7.89. The molecule has 0 saturated heterocycles. The minimum absolute atomic E-state index is 0.141. The first-order valence-electron chi connectivity index (χ1n) is 26.6. The number of hydrazone groups is 2. The molecule has 0 aliphatic carbocycles. The molecule has 0 bridgehead atoms. The molecular weight excluding hydrogens is 937 g/mol. The minimum atomic E-state index is -3.85. The molecule has 12 heteroatoms. The van der Waals surface area contributed by atoms with Crippen molar-refractivity contribution in [2.45, 2.75) is 166 Å². The predicted molar refractivity (Wildman–Crippen MR) is 300 cm³/mol. The summed E-state index contributed by atoms with van der Waals surface area (Å²) in [7, 11) is -7.70. The molecular formula is C60H78N4O6S2. The third-order valence-corrected chi connectivity index (χ3v) is 15.7. The molecule has 386 valence electrons. The Balaban J connectivity index is 1.30. The van der Waals surface area contributed by atoms with Gasteiger partial charge < -0.3 is 9.47 Å². The highest BCUT2D eigenvalue weighted by atomic mass is 32.2. The predicted octanol–water partition coefficient (Wildman–Crippen LogP) is 15.5. The number of fused-ring (bicyclic) bond motifs is 2. The van der Waals surface area contributed by atoms with Crippen LogP contribution in [0, 0.1) is 13.8 Å². The lowest BCUT2D eigenvalue weighted by molar-refractivity contribution is 0.301. The number of nitrogens with one attached hydrogen (secondary N) is 2. The molecule has 10 nitrogen and oxygen atoms in total. The second kappa shape index (κ2) is 29.1. The molecule has 2 N–H and O–H groups in total. The molecule has 0 unspecified atom stereocenters. The van der Waals surface area contributed by atoms with E-state index >= 15 is 0 Å². The Morgan fingerprint density at radius 2 is 0.750 bits per heavy atom. The second-order valence-electron chi connectivity index (χ2n) is 19.2. The van der Waals surface area contributed by atoms with Crippen molar-refractivity contribution in [2.75, 3.05) is 13.2 Å². The fraction of sp³-hybridized carbons (Fsp3) is 0.433. The number of benzene rings is 6. The van der Waals surface area contributed by atoms with Gasteiger partial charge in [-0.15, -0.1) is 0 Å². The van der Waals surface area contributed by atoms with Crippen LogP contribution < -0.4 is 19.1 Å². The summed E-state index contributed by atoms with van der Waals surface area (Å²) in [6.45, 7) is 9.47. The number of ether oxygens (including phenoxy) is 2. The molecule has 0 heterocycles. The van der Waals surface area contributed by atoms with Gasteiger partial charge in [0.05, 0.1) is 35.4 Å². The van der Waals surface area contributed by atoms with Crippen LogP contribution in [0.3, 0.4) is 0 Å². The lowest BCUT2D eigenvalue weighted by Crippen LogP contribution is -2.18. The monoisotopic (exact) mass is 1010 g/mol. The van der Waals surface area contributed by atoms with Crippen LogP contribution >= 0.6 is 0 Å². The van der Waals surface area contributed by atoms with Crippen molar-refractivity contribution in [3.05, 3.63) is 131 Å². The molecule has 0 atom stereocenters. The zero-order valence-corrected chi connectivity index (χ0v) is 44.9. The molecule has 0 aromatic heterocycles. The second-order valence-corrected chi connectivity index (χ2v) is 22.6. The van der Waals surface area contributed by atoms with E-state index in [4.69, 9.17) is 9.47 Å². The first-order chi connectivity index (χ1) is 35.0. The molecule has 72 heavy (non-hydrogen) atoms. The van der Waals surface area contributed by atoms with Crippen molar-refractivity contribution in [3.63, 3.8) is 0 Å². The Morgan fingerprint density at radius 1 is 0.417 bits per heavy atom. The van der Waals surface area contributed by atoms with Gasteiger partial charge in [0, 0.05) is 11.1 Å². The van der Waals surface area contributed by atoms with Crippen LogP contribution in [-0.2, 0) is 20.0 Å². The summed E-state index contributed by atoms with van der Waals surface area (Å²) < 4.78 is 65.7. The summed E-state index contributed by atoms with van der Waals surface area (Å²) in [5, 5.41) is 12.0. The summed E-state index contributed by atoms with van der Waals surface area (Å²) in [4.78, 5) is 5.01. The molecule has 0 saturated carbocycles. The third-order valence-electron chi connectivity index (χ3n) is 13.2.